The number of hydroxylamine groups is 2. The minimum atomic E-state index is -3.30. The molecule has 3 aliphatic carbocycles. The van der Waals surface area contributed by atoms with Crippen molar-refractivity contribution in [3.63, 3.8) is 0 Å². The van der Waals surface area contributed by atoms with Crippen LogP contribution >= 0.6 is 0 Å². The van der Waals surface area contributed by atoms with Crippen LogP contribution in [-0.2, 0) is 25.2 Å². The topological polar surface area (TPSA) is 175 Å². The van der Waals surface area contributed by atoms with E-state index in [-0.39, 0.29) is 64.2 Å². The van der Waals surface area contributed by atoms with Crippen molar-refractivity contribution < 1.29 is 37.6 Å². The smallest absolute Gasteiger partial charge is 0.356 e. The van der Waals surface area contributed by atoms with E-state index in [4.69, 9.17) is 19.6 Å². The van der Waals surface area contributed by atoms with Gasteiger partial charge in [0.2, 0.25) is 11.8 Å². The van der Waals surface area contributed by atoms with Crippen molar-refractivity contribution in [1.82, 2.24) is 40.7 Å². The Labute approximate surface area is 432 Å². The van der Waals surface area contributed by atoms with Crippen LogP contribution in [0, 0.1) is 23.2 Å². The van der Waals surface area contributed by atoms with Crippen LogP contribution in [0.4, 0.5) is 8.78 Å². The molecule has 2 bridgehead atoms. The molecule has 4 fully saturated rings. The van der Waals surface area contributed by atoms with Crippen LogP contribution in [0.2, 0.25) is 0 Å². The molecule has 2 saturated heterocycles. The molecular formula is C59H58F2N8O6. The second kappa shape index (κ2) is 18.7. The number of hydrogen-bond acceptors (Lipinski definition) is 10. The molecule has 1 spiro atoms. The van der Waals surface area contributed by atoms with Crippen LogP contribution in [0.1, 0.15) is 122 Å². The van der Waals surface area contributed by atoms with E-state index >= 15 is 8.78 Å². The summed E-state index contributed by atoms with van der Waals surface area (Å²) in [5.74, 6) is -3.76. The second-order valence-electron chi connectivity index (χ2n) is 21.9. The Morgan fingerprint density at radius 1 is 0.693 bits per heavy atom. The summed E-state index contributed by atoms with van der Waals surface area (Å²) in [5.41, 5.74) is 10.9. The highest BCUT2D eigenvalue weighted by Gasteiger charge is 2.56. The van der Waals surface area contributed by atoms with Gasteiger partial charge < -0.3 is 29.4 Å². The molecule has 12 rings (SSSR count). The molecule has 5 aromatic carbocycles. The molecule has 2 aromatic heterocycles. The number of aromatic nitrogens is 4. The highest BCUT2D eigenvalue weighted by molar-refractivity contribution is 5.91. The van der Waals surface area contributed by atoms with Gasteiger partial charge >= 0.3 is 11.9 Å². The van der Waals surface area contributed by atoms with Gasteiger partial charge in [-0.05, 0) is 132 Å². The first-order valence-electron chi connectivity index (χ1n) is 26.0. The lowest BCUT2D eigenvalue weighted by Crippen LogP contribution is -2.53. The van der Waals surface area contributed by atoms with E-state index in [9.17, 15) is 19.2 Å². The van der Waals surface area contributed by atoms with Crippen molar-refractivity contribution in [2.45, 2.75) is 102 Å². The van der Waals surface area contributed by atoms with Crippen molar-refractivity contribution in [3.8, 4) is 33.5 Å². The molecule has 14 nitrogen and oxygen atoms in total. The van der Waals surface area contributed by atoms with Crippen LogP contribution < -0.4 is 11.0 Å². The Hall–Kier alpha value is -7.56. The molecule has 4 N–H and O–H groups in total. The summed E-state index contributed by atoms with van der Waals surface area (Å²) in [6, 6.07) is 31.0. The minimum Gasteiger partial charge on any atom is -0.366 e. The monoisotopic (exact) mass is 1010 g/mol. The standard InChI is InChI=1S/C59H58F2N8O6/c1-32(2)49(66-74-56(72)34-11-7-5-8-12-34)54(70)68-31-58(23-24-58)29-48(68)52-62-30-47(65-52)38-17-21-42-41-20-16-36(26-43(41)59(60,61)44(42)27-38)37-18-22-45-46(28-37)64-53(63-45)51-39-15-19-40(25-39)69(51)55(71)50(33(3)4)67-75-57(73)35-13-9-6-10-14-35/h5-14,16-18,20-22,26-28,30,32-33,39-40,48-51,66-67H,15,19,23-25,29,31H2,1-4H3,(H,62,65)(H,63,64)/t39-,40+,48-,49-,50-,51-/m0/s1. The number of piperidine rings is 1. The zero-order valence-corrected chi connectivity index (χ0v) is 42.1. The maximum absolute atomic E-state index is 16.8. The van der Waals surface area contributed by atoms with Gasteiger partial charge in [0.1, 0.15) is 23.7 Å². The van der Waals surface area contributed by atoms with E-state index in [0.29, 0.717) is 69.2 Å². The predicted molar refractivity (Wildman–Crippen MR) is 276 cm³/mol. The summed E-state index contributed by atoms with van der Waals surface area (Å²) < 4.78 is 33.7. The van der Waals surface area contributed by atoms with Crippen LogP contribution in [0.15, 0.2) is 121 Å². The first-order valence-corrected chi connectivity index (χ1v) is 26.0. The first kappa shape index (κ1) is 48.4. The molecule has 0 unspecified atom stereocenters. The van der Waals surface area contributed by atoms with E-state index in [1.165, 1.54) is 6.07 Å². The highest BCUT2D eigenvalue weighted by atomic mass is 19.3. The maximum Gasteiger partial charge on any atom is 0.356 e. The normalized spacial score (nSPS) is 21.4. The number of H-pyrrole nitrogens is 2. The number of amides is 2. The fraction of sp³-hybridized carbons (Fsp3) is 0.356. The Morgan fingerprint density at radius 3 is 1.91 bits per heavy atom. The minimum absolute atomic E-state index is 0.0122. The average molecular weight is 1010 g/mol. The number of halogens is 2. The summed E-state index contributed by atoms with van der Waals surface area (Å²) in [5, 5.41) is 0. The van der Waals surface area contributed by atoms with Crippen LogP contribution in [0.25, 0.3) is 44.5 Å². The van der Waals surface area contributed by atoms with Gasteiger partial charge in [-0.2, -0.15) is 8.78 Å². The lowest BCUT2D eigenvalue weighted by molar-refractivity contribution is -0.143. The molecule has 5 aliphatic rings. The zero-order chi connectivity index (χ0) is 51.9. The molecule has 384 valence electrons. The Morgan fingerprint density at radius 2 is 1.28 bits per heavy atom. The SMILES string of the molecule is CC(C)[C@H](NOC(=O)c1ccccc1)C(=O)N1CC2(CC2)C[C@H]1c1ncc(-c2ccc3c(c2)C(F)(F)c2cc(-c4ccc5nc([C@@H]6[C@H]7CC[C@H](C7)N6C(=O)[C@@H](NOC(=O)c6ccccc6)C(C)C)[nH]c5c4)ccc2-3)[nH]1. The number of carbonyl (C=O) groups is 4. The Balaban J connectivity index is 0.759. The summed E-state index contributed by atoms with van der Waals surface area (Å²) in [7, 11) is 0. The largest absolute Gasteiger partial charge is 0.366 e. The third-order valence-corrected chi connectivity index (χ3v) is 16.4. The van der Waals surface area contributed by atoms with E-state index in [2.05, 4.69) is 20.9 Å². The molecule has 75 heavy (non-hydrogen) atoms. The number of likely N-dealkylation sites (tertiary alicyclic amines) is 2. The zero-order valence-electron chi connectivity index (χ0n) is 42.1. The van der Waals surface area contributed by atoms with Gasteiger partial charge in [0, 0.05) is 29.3 Å². The lowest BCUT2D eigenvalue weighted by atomic mass is 9.96. The van der Waals surface area contributed by atoms with Gasteiger partial charge in [-0.15, -0.1) is 11.0 Å². The van der Waals surface area contributed by atoms with E-state index in [0.717, 1.165) is 43.2 Å². The number of carbonyl (C=O) groups excluding carboxylic acids is 4. The Kier molecular flexibility index (Phi) is 12.0. The molecule has 2 saturated carbocycles. The lowest BCUT2D eigenvalue weighted by Gasteiger charge is -2.37. The Bertz CT molecular complexity index is 3370. The van der Waals surface area contributed by atoms with Gasteiger partial charge in [-0.1, -0.05) is 94.4 Å². The highest BCUT2D eigenvalue weighted by Crippen LogP contribution is 2.59. The van der Waals surface area contributed by atoms with Crippen LogP contribution in [-0.4, -0.2) is 78.2 Å². The van der Waals surface area contributed by atoms with Crippen molar-refractivity contribution in [2.24, 2.45) is 23.2 Å². The van der Waals surface area contributed by atoms with Crippen molar-refractivity contribution in [2.75, 3.05) is 6.54 Å². The van der Waals surface area contributed by atoms with Gasteiger partial charge in [0.25, 0.3) is 5.92 Å². The molecule has 2 aliphatic heterocycles. The second-order valence-corrected chi connectivity index (χ2v) is 21.9. The summed E-state index contributed by atoms with van der Waals surface area (Å²) in [4.78, 5) is 85.7. The number of nitrogens with one attached hydrogen (secondary N) is 4. The number of nitrogens with zero attached hydrogens (tertiary/aromatic N) is 4. The van der Waals surface area contributed by atoms with Gasteiger partial charge in [-0.25, -0.2) is 19.6 Å². The quantitative estimate of drug-likeness (QED) is 0.0768. The first-order chi connectivity index (χ1) is 36.2. The molecule has 4 heterocycles. The molecular weight excluding hydrogens is 955 g/mol. The number of fused-ring (bicyclic) bond motifs is 6. The predicted octanol–water partition coefficient (Wildman–Crippen LogP) is 10.6. The van der Waals surface area contributed by atoms with Crippen molar-refractivity contribution >= 4 is 34.8 Å². The third kappa shape index (κ3) is 8.66. The van der Waals surface area contributed by atoms with Gasteiger partial charge in [0.05, 0.1) is 46.1 Å². The third-order valence-electron chi connectivity index (χ3n) is 16.4. The summed E-state index contributed by atoms with van der Waals surface area (Å²) >= 11 is 0. The number of benzene rings is 5. The van der Waals surface area contributed by atoms with E-state index < -0.39 is 29.9 Å². The number of imidazole rings is 2. The van der Waals surface area contributed by atoms with Gasteiger partial charge in [-0.3, -0.25) is 9.59 Å². The fourth-order valence-corrected chi connectivity index (χ4v) is 12.1. The van der Waals surface area contributed by atoms with Crippen LogP contribution in [0.5, 0.6) is 0 Å². The number of rotatable bonds is 14. The van der Waals surface area contributed by atoms with Crippen LogP contribution in [0.3, 0.4) is 0 Å². The maximum atomic E-state index is 16.8. The average Bonchev–Trinajstić information content (AvgIpc) is 4.10. The number of aromatic amines is 2. The molecule has 0 radical (unpaired) electrons. The number of alkyl halides is 2. The summed E-state index contributed by atoms with van der Waals surface area (Å²) in [6.45, 7) is 8.16. The van der Waals surface area contributed by atoms with Gasteiger partial charge in [0.15, 0.2) is 0 Å². The fourth-order valence-electron chi connectivity index (χ4n) is 12.1. The van der Waals surface area contributed by atoms with Crippen molar-refractivity contribution in [1.29, 1.82) is 0 Å². The summed E-state index contributed by atoms with van der Waals surface area (Å²) in [6.07, 6.45) is 7.02. The molecule has 2 amide bonds. The molecule has 16 heteroatoms. The molecule has 7 aromatic rings. The van der Waals surface area contributed by atoms with Crippen molar-refractivity contribution in [3.05, 3.63) is 155 Å². The van der Waals surface area contributed by atoms with E-state index in [1.807, 2.05) is 73.9 Å². The van der Waals surface area contributed by atoms with E-state index in [1.54, 1.807) is 79.0 Å². The molecule has 6 atom stereocenters. The number of hydrogen-bond donors (Lipinski definition) is 4.